The van der Waals surface area contributed by atoms with Crippen LogP contribution in [0.4, 0.5) is 0 Å². The quantitative estimate of drug-likeness (QED) is 0.0222. The second kappa shape index (κ2) is 65.4. The molecule has 17 nitrogen and oxygen atoms in total. The number of hydrogen-bond acceptors (Lipinski definition) is 15. The second-order valence-electron chi connectivity index (χ2n) is 29.3. The minimum atomic E-state index is -4.96. The van der Waals surface area contributed by atoms with Gasteiger partial charge in [-0.1, -0.05) is 331 Å². The summed E-state index contributed by atoms with van der Waals surface area (Å²) in [6.07, 6.45) is 50.0. The zero-order valence-corrected chi connectivity index (χ0v) is 64.1. The number of esters is 4. The Bertz CT molecular complexity index is 1870. The molecule has 0 spiro atoms. The van der Waals surface area contributed by atoms with Gasteiger partial charge in [0, 0.05) is 25.7 Å². The van der Waals surface area contributed by atoms with Crippen LogP contribution >= 0.6 is 15.6 Å². The highest BCUT2D eigenvalue weighted by Gasteiger charge is 2.30. The molecule has 95 heavy (non-hydrogen) atoms. The van der Waals surface area contributed by atoms with E-state index in [1.165, 1.54) is 186 Å². The van der Waals surface area contributed by atoms with Gasteiger partial charge in [-0.2, -0.15) is 0 Å². The van der Waals surface area contributed by atoms with Crippen LogP contribution in [0.5, 0.6) is 0 Å². The average molecular weight is 1400 g/mol. The number of ether oxygens (including phenoxy) is 4. The third kappa shape index (κ3) is 70.3. The number of phosphoric ester groups is 2. The van der Waals surface area contributed by atoms with Crippen LogP contribution in [0.1, 0.15) is 383 Å². The van der Waals surface area contributed by atoms with Crippen molar-refractivity contribution in [1.29, 1.82) is 0 Å². The lowest BCUT2D eigenvalue weighted by molar-refractivity contribution is -0.161. The molecule has 0 aromatic carbocycles. The summed E-state index contributed by atoms with van der Waals surface area (Å²) in [7, 11) is -9.91. The van der Waals surface area contributed by atoms with E-state index in [0.717, 1.165) is 114 Å². The second-order valence-corrected chi connectivity index (χ2v) is 32.2. The smallest absolute Gasteiger partial charge is 0.462 e. The summed E-state index contributed by atoms with van der Waals surface area (Å²) in [5, 5.41) is 10.6. The van der Waals surface area contributed by atoms with E-state index in [9.17, 15) is 43.2 Å². The van der Waals surface area contributed by atoms with Crippen LogP contribution < -0.4 is 0 Å². The summed E-state index contributed by atoms with van der Waals surface area (Å²) in [4.78, 5) is 72.8. The van der Waals surface area contributed by atoms with Crippen LogP contribution in [-0.2, 0) is 65.4 Å². The molecule has 0 aliphatic carbocycles. The van der Waals surface area contributed by atoms with Crippen molar-refractivity contribution < 1.29 is 80.2 Å². The molecule has 0 rings (SSSR count). The maximum absolute atomic E-state index is 13.1. The number of aliphatic hydroxyl groups is 1. The Labute approximate surface area is 581 Å². The lowest BCUT2D eigenvalue weighted by Crippen LogP contribution is -2.30. The third-order valence-electron chi connectivity index (χ3n) is 17.6. The number of aliphatic hydroxyl groups excluding tert-OH is 1. The molecule has 5 atom stereocenters. The predicted molar refractivity (Wildman–Crippen MR) is 386 cm³/mol. The Morgan fingerprint density at radius 3 is 0.653 bits per heavy atom. The van der Waals surface area contributed by atoms with E-state index in [4.69, 9.17) is 37.0 Å². The fourth-order valence-corrected chi connectivity index (χ4v) is 13.1. The monoisotopic (exact) mass is 1400 g/mol. The van der Waals surface area contributed by atoms with E-state index < -0.39 is 97.5 Å². The third-order valence-corrected chi connectivity index (χ3v) is 19.5. The van der Waals surface area contributed by atoms with Gasteiger partial charge >= 0.3 is 39.5 Å². The highest BCUT2D eigenvalue weighted by Crippen LogP contribution is 2.45. The number of rotatable bonds is 73. The van der Waals surface area contributed by atoms with E-state index in [2.05, 4.69) is 55.4 Å². The van der Waals surface area contributed by atoms with Gasteiger partial charge < -0.3 is 33.8 Å². The summed E-state index contributed by atoms with van der Waals surface area (Å²) in [5.74, 6) is 0.919. The Morgan fingerprint density at radius 2 is 0.442 bits per heavy atom. The molecule has 3 N–H and O–H groups in total. The molecule has 0 amide bonds. The van der Waals surface area contributed by atoms with Gasteiger partial charge in [0.1, 0.15) is 19.3 Å². The SMILES string of the molecule is CC(C)CCCCCCCCCCCCCCCC(=O)OC[C@H](COP(=O)(O)OCC(O)COP(=O)(O)OC[C@@H](COC(=O)CCCCCCCCCCC(C)C)OC(=O)CCCCCCCCCCCC(C)C)OC(=O)CCCCCCCCCCCCCCCC(C)C. The fraction of sp³-hybridized carbons (Fsp3) is 0.947. The molecule has 564 valence electrons. The van der Waals surface area contributed by atoms with Gasteiger partial charge in [-0.3, -0.25) is 37.3 Å². The molecule has 0 aliphatic heterocycles. The molecule has 0 fully saturated rings. The maximum atomic E-state index is 13.1. The largest absolute Gasteiger partial charge is 0.472 e. The topological polar surface area (TPSA) is 237 Å². The lowest BCUT2D eigenvalue weighted by atomic mass is 10.0. The highest BCUT2D eigenvalue weighted by molar-refractivity contribution is 7.47. The van der Waals surface area contributed by atoms with Gasteiger partial charge in [0.15, 0.2) is 12.2 Å². The van der Waals surface area contributed by atoms with Crippen LogP contribution in [0.2, 0.25) is 0 Å². The number of carbonyl (C=O) groups is 4. The van der Waals surface area contributed by atoms with Crippen LogP contribution in [0.3, 0.4) is 0 Å². The summed E-state index contributed by atoms with van der Waals surface area (Å²) in [6, 6.07) is 0. The Hall–Kier alpha value is -1.94. The minimum Gasteiger partial charge on any atom is -0.462 e. The Morgan fingerprint density at radius 1 is 0.263 bits per heavy atom. The zero-order valence-electron chi connectivity index (χ0n) is 62.3. The van der Waals surface area contributed by atoms with Crippen molar-refractivity contribution >= 4 is 39.5 Å². The summed E-state index contributed by atoms with van der Waals surface area (Å²) >= 11 is 0. The predicted octanol–water partition coefficient (Wildman–Crippen LogP) is 22.0. The molecule has 0 aliphatic rings. The van der Waals surface area contributed by atoms with Gasteiger partial charge in [-0.25, -0.2) is 9.13 Å². The first kappa shape index (κ1) is 93.1. The van der Waals surface area contributed by atoms with Crippen molar-refractivity contribution in [2.45, 2.75) is 401 Å². The number of carbonyl (C=O) groups excluding carboxylic acids is 4. The van der Waals surface area contributed by atoms with Crippen molar-refractivity contribution in [1.82, 2.24) is 0 Å². The minimum absolute atomic E-state index is 0.104. The normalized spacial score (nSPS) is 14.1. The van der Waals surface area contributed by atoms with E-state index in [1.54, 1.807) is 0 Å². The number of unbranched alkanes of at least 4 members (excludes halogenated alkanes) is 39. The molecule has 0 heterocycles. The highest BCUT2D eigenvalue weighted by atomic mass is 31.2. The van der Waals surface area contributed by atoms with Crippen molar-refractivity contribution in [2.24, 2.45) is 23.7 Å². The number of hydrogen-bond donors (Lipinski definition) is 3. The van der Waals surface area contributed by atoms with Gasteiger partial charge in [0.05, 0.1) is 26.4 Å². The molecule has 0 aromatic rings. The Kier molecular flexibility index (Phi) is 64.0. The first-order valence-corrected chi connectivity index (χ1v) is 42.2. The van der Waals surface area contributed by atoms with Crippen molar-refractivity contribution in [3.63, 3.8) is 0 Å². The van der Waals surface area contributed by atoms with E-state index in [1.807, 2.05) is 0 Å². The molecular weight excluding hydrogens is 1250 g/mol. The fourth-order valence-electron chi connectivity index (χ4n) is 11.6. The van der Waals surface area contributed by atoms with Crippen LogP contribution in [0.15, 0.2) is 0 Å². The number of phosphoric acid groups is 2. The Balaban J connectivity index is 5.26. The van der Waals surface area contributed by atoms with Crippen LogP contribution in [0, 0.1) is 23.7 Å². The van der Waals surface area contributed by atoms with Crippen molar-refractivity contribution in [2.75, 3.05) is 39.6 Å². The molecule has 0 radical (unpaired) electrons. The molecule has 0 saturated heterocycles. The van der Waals surface area contributed by atoms with Gasteiger partial charge in [-0.15, -0.1) is 0 Å². The standard InChI is InChI=1S/C76H148O17P2/c1-66(2)52-44-36-28-20-15-11-9-13-17-23-32-40-48-56-73(78)86-62-71(92-75(80)58-50-42-34-24-18-14-10-12-16-21-29-37-45-53-67(3)4)64-90-94(82,83)88-60-70(77)61-89-95(84,85)91-65-72(63-87-74(79)57-49-41-33-27-26-31-39-47-55-69(7)8)93-76(81)59-51-43-35-25-19-22-30-38-46-54-68(5)6/h66-72,77H,9-65H2,1-8H3,(H,82,83)(H,84,85)/t70?,71-,72-/m1/s1. The summed E-state index contributed by atoms with van der Waals surface area (Å²) in [5.41, 5.74) is 0. The van der Waals surface area contributed by atoms with Gasteiger partial charge in [0.2, 0.25) is 0 Å². The van der Waals surface area contributed by atoms with Crippen LogP contribution in [-0.4, -0.2) is 96.7 Å². The summed E-state index contributed by atoms with van der Waals surface area (Å²) < 4.78 is 68.5. The molecule has 19 heteroatoms. The zero-order chi connectivity index (χ0) is 70.3. The first-order valence-electron chi connectivity index (χ1n) is 39.2. The molecular formula is C76H148O17P2. The molecule has 0 bridgehead atoms. The summed E-state index contributed by atoms with van der Waals surface area (Å²) in [6.45, 7) is 14.2. The van der Waals surface area contributed by atoms with Crippen molar-refractivity contribution in [3.05, 3.63) is 0 Å². The molecule has 3 unspecified atom stereocenters. The lowest BCUT2D eigenvalue weighted by Gasteiger charge is -2.21. The van der Waals surface area contributed by atoms with E-state index in [0.29, 0.717) is 25.7 Å². The maximum Gasteiger partial charge on any atom is 0.472 e. The van der Waals surface area contributed by atoms with E-state index >= 15 is 0 Å². The van der Waals surface area contributed by atoms with Crippen molar-refractivity contribution in [3.8, 4) is 0 Å². The average Bonchev–Trinajstić information content (AvgIpc) is 1.61. The molecule has 0 aromatic heterocycles. The van der Waals surface area contributed by atoms with Gasteiger partial charge in [0.25, 0.3) is 0 Å². The van der Waals surface area contributed by atoms with Crippen LogP contribution in [0.25, 0.3) is 0 Å². The molecule has 0 saturated carbocycles. The first-order chi connectivity index (χ1) is 45.6. The van der Waals surface area contributed by atoms with E-state index in [-0.39, 0.29) is 25.7 Å². The van der Waals surface area contributed by atoms with Gasteiger partial charge in [-0.05, 0) is 49.4 Å².